The van der Waals surface area contributed by atoms with Crippen molar-refractivity contribution in [3.05, 3.63) is 41.6 Å². The molecule has 0 radical (unpaired) electrons. The van der Waals surface area contributed by atoms with Gasteiger partial charge in [0.1, 0.15) is 0 Å². The van der Waals surface area contributed by atoms with Crippen LogP contribution < -0.4 is 4.74 Å². The molecular weight excluding hydrogens is 250 g/mol. The summed E-state index contributed by atoms with van der Waals surface area (Å²) in [6.45, 7) is -2.93. The van der Waals surface area contributed by atoms with Crippen molar-refractivity contribution in [1.29, 1.82) is 0 Å². The Labute approximate surface area is 101 Å². The van der Waals surface area contributed by atoms with Crippen molar-refractivity contribution < 1.29 is 13.5 Å². The second-order valence-electron chi connectivity index (χ2n) is 3.11. The molecule has 0 saturated carbocycles. The lowest BCUT2D eigenvalue weighted by atomic mass is 10.1. The van der Waals surface area contributed by atoms with Gasteiger partial charge < -0.3 is 4.74 Å². The number of alkyl halides is 2. The number of ether oxygens (including phenoxy) is 1. The van der Waals surface area contributed by atoms with E-state index in [0.29, 0.717) is 10.7 Å². The molecule has 0 N–H and O–H groups in total. The molecule has 1 aromatic carbocycles. The molecule has 1 heterocycles. The van der Waals surface area contributed by atoms with E-state index in [9.17, 15) is 8.78 Å². The van der Waals surface area contributed by atoms with Crippen molar-refractivity contribution in [2.75, 3.05) is 0 Å². The second kappa shape index (κ2) is 5.05. The van der Waals surface area contributed by atoms with Crippen LogP contribution in [0.2, 0.25) is 5.02 Å². The third kappa shape index (κ3) is 3.10. The van der Waals surface area contributed by atoms with Crippen molar-refractivity contribution in [1.82, 2.24) is 9.97 Å². The summed E-state index contributed by atoms with van der Waals surface area (Å²) >= 11 is 5.74. The summed E-state index contributed by atoms with van der Waals surface area (Å²) in [5.74, 6) is 0. The molecule has 1 aromatic heterocycles. The highest BCUT2D eigenvalue weighted by Crippen LogP contribution is 2.20. The van der Waals surface area contributed by atoms with Crippen LogP contribution >= 0.6 is 11.6 Å². The number of benzene rings is 1. The first-order valence-corrected chi connectivity index (χ1v) is 5.07. The number of hydrogen-bond acceptors (Lipinski definition) is 3. The van der Waals surface area contributed by atoms with Gasteiger partial charge in [0.2, 0.25) is 0 Å². The van der Waals surface area contributed by atoms with Crippen molar-refractivity contribution in [2.24, 2.45) is 0 Å². The number of rotatable bonds is 3. The van der Waals surface area contributed by atoms with E-state index in [1.54, 1.807) is 30.3 Å². The van der Waals surface area contributed by atoms with E-state index in [1.807, 2.05) is 0 Å². The van der Waals surface area contributed by atoms with Crippen molar-refractivity contribution in [3.63, 3.8) is 0 Å². The number of halogens is 3. The summed E-state index contributed by atoms with van der Waals surface area (Å²) < 4.78 is 28.1. The molecule has 0 spiro atoms. The van der Waals surface area contributed by atoms with Crippen LogP contribution in [-0.4, -0.2) is 16.6 Å². The smallest absolute Gasteiger partial charge is 0.389 e. The van der Waals surface area contributed by atoms with Gasteiger partial charge in [-0.25, -0.2) is 4.98 Å². The van der Waals surface area contributed by atoms with Crippen LogP contribution in [0, 0.1) is 0 Å². The van der Waals surface area contributed by atoms with Gasteiger partial charge in [0, 0.05) is 16.8 Å². The van der Waals surface area contributed by atoms with Crippen molar-refractivity contribution in [3.8, 4) is 17.3 Å². The fourth-order valence-electron chi connectivity index (χ4n) is 1.26. The topological polar surface area (TPSA) is 35.0 Å². The van der Waals surface area contributed by atoms with Gasteiger partial charge in [-0.3, -0.25) is 0 Å². The Hall–Kier alpha value is -1.75. The summed E-state index contributed by atoms with van der Waals surface area (Å²) in [5.41, 5.74) is 1.24. The Kier molecular flexibility index (Phi) is 3.49. The first kappa shape index (κ1) is 11.7. The highest BCUT2D eigenvalue weighted by Gasteiger charge is 2.08. The fraction of sp³-hybridized carbons (Fsp3) is 0.0909. The molecule has 6 heteroatoms. The summed E-state index contributed by atoms with van der Waals surface area (Å²) in [5, 5.41) is 0.590. The highest BCUT2D eigenvalue weighted by molar-refractivity contribution is 6.30. The maximum absolute atomic E-state index is 12.0. The minimum absolute atomic E-state index is 0.354. The lowest BCUT2D eigenvalue weighted by Crippen LogP contribution is -2.05. The molecule has 17 heavy (non-hydrogen) atoms. The van der Waals surface area contributed by atoms with E-state index in [0.717, 1.165) is 5.56 Å². The molecule has 0 aliphatic heterocycles. The van der Waals surface area contributed by atoms with Gasteiger partial charge in [-0.1, -0.05) is 23.7 Å². The molecule has 0 amide bonds. The number of nitrogens with zero attached hydrogens (tertiary/aromatic N) is 2. The minimum Gasteiger partial charge on any atom is -0.401 e. The lowest BCUT2D eigenvalue weighted by Gasteiger charge is -2.04. The Morgan fingerprint density at radius 1 is 1.12 bits per heavy atom. The van der Waals surface area contributed by atoms with Crippen LogP contribution in [0.4, 0.5) is 8.78 Å². The Morgan fingerprint density at radius 3 is 2.47 bits per heavy atom. The van der Waals surface area contributed by atoms with Gasteiger partial charge in [-0.15, -0.1) is 0 Å². The third-order valence-electron chi connectivity index (χ3n) is 1.97. The Morgan fingerprint density at radius 2 is 1.82 bits per heavy atom. The lowest BCUT2D eigenvalue weighted by molar-refractivity contribution is -0.0560. The summed E-state index contributed by atoms with van der Waals surface area (Å²) in [4.78, 5) is 7.44. The molecule has 0 fully saturated rings. The van der Waals surface area contributed by atoms with Gasteiger partial charge in [0.05, 0.1) is 5.69 Å². The molecular formula is C11H7ClF2N2O. The van der Waals surface area contributed by atoms with Crippen LogP contribution in [-0.2, 0) is 0 Å². The van der Waals surface area contributed by atoms with Crippen LogP contribution in [0.15, 0.2) is 36.5 Å². The molecule has 2 rings (SSSR count). The maximum atomic E-state index is 12.0. The molecule has 0 aliphatic rings. The normalized spacial score (nSPS) is 10.6. The van der Waals surface area contributed by atoms with E-state index < -0.39 is 6.61 Å². The monoisotopic (exact) mass is 256 g/mol. The highest BCUT2D eigenvalue weighted by atomic mass is 35.5. The van der Waals surface area contributed by atoms with Gasteiger partial charge in [0.15, 0.2) is 0 Å². The molecule has 0 aliphatic carbocycles. The zero-order chi connectivity index (χ0) is 12.3. The van der Waals surface area contributed by atoms with Gasteiger partial charge in [0.25, 0.3) is 0 Å². The standard InChI is InChI=1S/C11H7ClF2N2O/c12-8-3-1-7(2-4-8)9-5-6-15-11(16-9)17-10(13)14/h1-6,10H. The van der Waals surface area contributed by atoms with Crippen LogP contribution in [0.25, 0.3) is 11.3 Å². The van der Waals surface area contributed by atoms with E-state index in [2.05, 4.69) is 14.7 Å². The predicted molar refractivity (Wildman–Crippen MR) is 59.1 cm³/mol. The van der Waals surface area contributed by atoms with Gasteiger partial charge >= 0.3 is 12.6 Å². The average molecular weight is 257 g/mol. The quantitative estimate of drug-likeness (QED) is 0.844. The molecule has 3 nitrogen and oxygen atoms in total. The van der Waals surface area contributed by atoms with E-state index in [-0.39, 0.29) is 6.01 Å². The Bertz CT molecular complexity index is 505. The summed E-state index contributed by atoms with van der Waals surface area (Å²) in [6.07, 6.45) is 1.36. The largest absolute Gasteiger partial charge is 0.401 e. The fourth-order valence-corrected chi connectivity index (χ4v) is 1.38. The van der Waals surface area contributed by atoms with Crippen LogP contribution in [0.5, 0.6) is 6.01 Å². The molecule has 2 aromatic rings. The molecule has 0 bridgehead atoms. The van der Waals surface area contributed by atoms with Crippen LogP contribution in [0.1, 0.15) is 0 Å². The second-order valence-corrected chi connectivity index (χ2v) is 3.55. The van der Waals surface area contributed by atoms with Gasteiger partial charge in [-0.2, -0.15) is 13.8 Å². The Balaban J connectivity index is 2.29. The van der Waals surface area contributed by atoms with Gasteiger partial charge in [-0.05, 0) is 18.2 Å². The van der Waals surface area contributed by atoms with E-state index in [4.69, 9.17) is 11.6 Å². The van der Waals surface area contributed by atoms with Crippen LogP contribution in [0.3, 0.4) is 0 Å². The molecule has 88 valence electrons. The van der Waals surface area contributed by atoms with Crippen molar-refractivity contribution >= 4 is 11.6 Å². The van der Waals surface area contributed by atoms with E-state index >= 15 is 0 Å². The third-order valence-corrected chi connectivity index (χ3v) is 2.22. The summed E-state index contributed by atoms with van der Waals surface area (Å²) in [7, 11) is 0. The molecule has 0 atom stereocenters. The zero-order valence-electron chi connectivity index (χ0n) is 8.48. The average Bonchev–Trinajstić information content (AvgIpc) is 2.29. The zero-order valence-corrected chi connectivity index (χ0v) is 9.23. The number of hydrogen-bond donors (Lipinski definition) is 0. The molecule has 0 saturated heterocycles. The summed E-state index contributed by atoms with van der Waals surface area (Å²) in [6, 6.07) is 8.08. The molecule has 0 unspecified atom stereocenters. The minimum atomic E-state index is -2.93. The SMILES string of the molecule is FC(F)Oc1nccc(-c2ccc(Cl)cc2)n1. The van der Waals surface area contributed by atoms with Crippen molar-refractivity contribution in [2.45, 2.75) is 6.61 Å². The first-order chi connectivity index (χ1) is 8.15. The first-order valence-electron chi connectivity index (χ1n) is 4.69. The number of aromatic nitrogens is 2. The maximum Gasteiger partial charge on any atom is 0.389 e. The van der Waals surface area contributed by atoms with E-state index in [1.165, 1.54) is 6.20 Å². The predicted octanol–water partition coefficient (Wildman–Crippen LogP) is 3.40.